The Morgan fingerprint density at radius 1 is 0.698 bits per heavy atom. The molecule has 0 atom stereocenters. The lowest BCUT2D eigenvalue weighted by Gasteiger charge is -2.33. The molecule has 2 N–H and O–H groups in total. The van der Waals surface area contributed by atoms with Gasteiger partial charge < -0.3 is 19.7 Å². The van der Waals surface area contributed by atoms with Crippen molar-refractivity contribution in [2.45, 2.75) is 91.4 Å². The number of aliphatic hydroxyl groups is 2. The van der Waals surface area contributed by atoms with Crippen LogP contribution < -0.4 is 0 Å². The van der Waals surface area contributed by atoms with Gasteiger partial charge in [-0.3, -0.25) is 0 Å². The first kappa shape index (κ1) is 36.0. The molecule has 2 rings (SSSR count). The lowest BCUT2D eigenvalue weighted by atomic mass is 9.79. The van der Waals surface area contributed by atoms with Crippen molar-refractivity contribution in [1.29, 1.82) is 0 Å². The summed E-state index contributed by atoms with van der Waals surface area (Å²) in [5.41, 5.74) is 5.67. The van der Waals surface area contributed by atoms with Crippen molar-refractivity contribution in [2.24, 2.45) is 5.41 Å². The highest BCUT2D eigenvalue weighted by Crippen LogP contribution is 2.33. The molecule has 0 aliphatic heterocycles. The van der Waals surface area contributed by atoms with Crippen LogP contribution in [-0.4, -0.2) is 48.6 Å². The van der Waals surface area contributed by atoms with Crippen LogP contribution in [-0.2, 0) is 38.3 Å². The van der Waals surface area contributed by atoms with Crippen LogP contribution in [0, 0.1) is 5.41 Å². The maximum absolute atomic E-state index is 12.3. The number of unbranched alkanes of at least 4 members (excludes halogenated alkanes) is 4. The van der Waals surface area contributed by atoms with Gasteiger partial charge in [-0.25, -0.2) is 9.59 Å². The van der Waals surface area contributed by atoms with Crippen LogP contribution in [0.5, 0.6) is 0 Å². The van der Waals surface area contributed by atoms with Gasteiger partial charge in [0.05, 0.1) is 24.4 Å². The molecule has 6 nitrogen and oxygen atoms in total. The standard InChI is InChI=1S/C37H52O6/c1-6-9-10-11-12-13-32-18-19-34(23-31(32)8-3)33-16-14-30(15-17-33)20-22-37(21-7-2,26-42-35(40)28(4)24-38)27-43-36(41)29(5)25-39/h14-19,23,38-39H,4-13,20-22,24-27H2,1-3H3. The summed E-state index contributed by atoms with van der Waals surface area (Å²) in [7, 11) is 0. The van der Waals surface area contributed by atoms with E-state index in [9.17, 15) is 19.8 Å². The molecule has 0 saturated heterocycles. The van der Waals surface area contributed by atoms with Gasteiger partial charge in [0.2, 0.25) is 0 Å². The van der Waals surface area contributed by atoms with Crippen LogP contribution in [0.25, 0.3) is 11.1 Å². The number of hydrogen-bond donors (Lipinski definition) is 2. The lowest BCUT2D eigenvalue weighted by Crippen LogP contribution is -2.36. The summed E-state index contributed by atoms with van der Waals surface area (Å²) >= 11 is 0. The molecule has 0 fully saturated rings. The zero-order chi connectivity index (χ0) is 31.7. The summed E-state index contributed by atoms with van der Waals surface area (Å²) < 4.78 is 11.0. The second kappa shape index (κ2) is 19.1. The Morgan fingerprint density at radius 2 is 1.28 bits per heavy atom. The maximum Gasteiger partial charge on any atom is 0.335 e. The minimum atomic E-state index is -0.674. The van der Waals surface area contributed by atoms with Crippen molar-refractivity contribution in [3.63, 3.8) is 0 Å². The Kier molecular flexibility index (Phi) is 16.0. The van der Waals surface area contributed by atoms with Crippen molar-refractivity contribution < 1.29 is 29.3 Å². The average Bonchev–Trinajstić information content (AvgIpc) is 3.04. The predicted octanol–water partition coefficient (Wildman–Crippen LogP) is 7.33. The minimum Gasteiger partial charge on any atom is -0.462 e. The molecule has 0 heterocycles. The van der Waals surface area contributed by atoms with E-state index < -0.39 is 30.6 Å². The van der Waals surface area contributed by atoms with Gasteiger partial charge in [-0.15, -0.1) is 0 Å². The van der Waals surface area contributed by atoms with E-state index in [0.717, 1.165) is 24.8 Å². The summed E-state index contributed by atoms with van der Waals surface area (Å²) in [4.78, 5) is 24.6. The minimum absolute atomic E-state index is 0.0143. The second-order valence-corrected chi connectivity index (χ2v) is 11.6. The van der Waals surface area contributed by atoms with Crippen molar-refractivity contribution >= 4 is 11.9 Å². The maximum atomic E-state index is 12.3. The Labute approximate surface area is 258 Å². The van der Waals surface area contributed by atoms with Gasteiger partial charge in [0, 0.05) is 5.41 Å². The number of carbonyl (C=O) groups is 2. The third-order valence-electron chi connectivity index (χ3n) is 8.13. The lowest BCUT2D eigenvalue weighted by molar-refractivity contribution is -0.150. The molecular formula is C37H52O6. The smallest absolute Gasteiger partial charge is 0.335 e. The largest absolute Gasteiger partial charge is 0.462 e. The van der Waals surface area contributed by atoms with Crippen LogP contribution in [0.1, 0.15) is 88.8 Å². The molecule has 0 aliphatic carbocycles. The van der Waals surface area contributed by atoms with E-state index >= 15 is 0 Å². The molecule has 0 amide bonds. The van der Waals surface area contributed by atoms with E-state index in [1.807, 2.05) is 6.92 Å². The average molecular weight is 593 g/mol. The molecule has 0 aromatic heterocycles. The number of aryl methyl sites for hydroxylation is 3. The number of esters is 2. The molecule has 2 aromatic carbocycles. The first-order chi connectivity index (χ1) is 20.7. The number of aliphatic hydroxyl groups excluding tert-OH is 2. The van der Waals surface area contributed by atoms with Gasteiger partial charge in [-0.05, 0) is 66.3 Å². The summed E-state index contributed by atoms with van der Waals surface area (Å²) in [6, 6.07) is 15.4. The van der Waals surface area contributed by atoms with Crippen molar-refractivity contribution in [3.8, 4) is 11.1 Å². The van der Waals surface area contributed by atoms with Gasteiger partial charge in [0.15, 0.2) is 0 Å². The van der Waals surface area contributed by atoms with Gasteiger partial charge in [-0.2, -0.15) is 0 Å². The Hall–Kier alpha value is -3.22. The molecule has 0 aliphatic rings. The quantitative estimate of drug-likeness (QED) is 0.0896. The first-order valence-electron chi connectivity index (χ1n) is 15.8. The van der Waals surface area contributed by atoms with Gasteiger partial charge in [0.25, 0.3) is 0 Å². The summed E-state index contributed by atoms with van der Waals surface area (Å²) in [5, 5.41) is 18.5. The Morgan fingerprint density at radius 3 is 1.81 bits per heavy atom. The monoisotopic (exact) mass is 592 g/mol. The molecule has 0 bridgehead atoms. The summed E-state index contributed by atoms with van der Waals surface area (Å²) in [6.45, 7) is 12.6. The van der Waals surface area contributed by atoms with E-state index in [1.54, 1.807) is 0 Å². The Bertz CT molecular complexity index is 1150. The SMILES string of the molecule is C=C(CO)C(=O)OCC(CCC)(CCc1ccc(-c2ccc(CCCCCCC)c(CC)c2)cc1)COC(=O)C(=C)CO. The van der Waals surface area contributed by atoms with Crippen molar-refractivity contribution in [1.82, 2.24) is 0 Å². The fourth-order valence-corrected chi connectivity index (χ4v) is 5.33. The third-order valence-corrected chi connectivity index (χ3v) is 8.13. The van der Waals surface area contributed by atoms with E-state index in [0.29, 0.717) is 19.3 Å². The zero-order valence-corrected chi connectivity index (χ0v) is 26.6. The van der Waals surface area contributed by atoms with Gasteiger partial charge in [0.1, 0.15) is 13.2 Å². The van der Waals surface area contributed by atoms with E-state index in [-0.39, 0.29) is 24.4 Å². The van der Waals surface area contributed by atoms with E-state index in [4.69, 9.17) is 9.47 Å². The van der Waals surface area contributed by atoms with Gasteiger partial charge >= 0.3 is 11.9 Å². The molecule has 0 radical (unpaired) electrons. The molecule has 236 valence electrons. The van der Waals surface area contributed by atoms with Gasteiger partial charge in [-0.1, -0.05) is 108 Å². The fourth-order valence-electron chi connectivity index (χ4n) is 5.33. The van der Waals surface area contributed by atoms with Crippen LogP contribution in [0.15, 0.2) is 66.8 Å². The topological polar surface area (TPSA) is 93.1 Å². The zero-order valence-electron chi connectivity index (χ0n) is 26.6. The molecule has 0 spiro atoms. The highest BCUT2D eigenvalue weighted by molar-refractivity contribution is 5.88. The van der Waals surface area contributed by atoms with E-state index in [1.165, 1.54) is 54.4 Å². The van der Waals surface area contributed by atoms with Crippen LogP contribution in [0.3, 0.4) is 0 Å². The first-order valence-corrected chi connectivity index (χ1v) is 15.8. The molecular weight excluding hydrogens is 540 g/mol. The highest BCUT2D eigenvalue weighted by atomic mass is 16.5. The summed E-state index contributed by atoms with van der Waals surface area (Å²) in [5.74, 6) is -1.35. The van der Waals surface area contributed by atoms with E-state index in [2.05, 4.69) is 69.5 Å². The van der Waals surface area contributed by atoms with Crippen LogP contribution >= 0.6 is 0 Å². The predicted molar refractivity (Wildman–Crippen MR) is 174 cm³/mol. The molecule has 0 unspecified atom stereocenters. The summed E-state index contributed by atoms with van der Waals surface area (Å²) in [6.07, 6.45) is 11.3. The number of rotatable bonds is 21. The normalized spacial score (nSPS) is 11.3. The third kappa shape index (κ3) is 11.8. The number of carbonyl (C=O) groups excluding carboxylic acids is 2. The van der Waals surface area contributed by atoms with Crippen molar-refractivity contribution in [3.05, 3.63) is 83.5 Å². The number of benzene rings is 2. The molecule has 6 heteroatoms. The molecule has 0 saturated carbocycles. The molecule has 43 heavy (non-hydrogen) atoms. The van der Waals surface area contributed by atoms with Crippen LogP contribution in [0.4, 0.5) is 0 Å². The highest BCUT2D eigenvalue weighted by Gasteiger charge is 2.33. The number of hydrogen-bond acceptors (Lipinski definition) is 6. The van der Waals surface area contributed by atoms with Crippen LogP contribution in [0.2, 0.25) is 0 Å². The Balaban J connectivity index is 2.16. The second-order valence-electron chi connectivity index (χ2n) is 11.6. The van der Waals surface area contributed by atoms with Crippen molar-refractivity contribution in [2.75, 3.05) is 26.4 Å². The fraction of sp³-hybridized carbons (Fsp3) is 0.514. The number of ether oxygens (including phenoxy) is 2. The molecule has 2 aromatic rings.